The first-order valence-corrected chi connectivity index (χ1v) is 21.1. The average Bonchev–Trinajstić information content (AvgIpc) is 4.03. The van der Waals surface area contributed by atoms with Crippen molar-refractivity contribution in [2.75, 3.05) is 0 Å². The molecule has 0 atom stereocenters. The van der Waals surface area contributed by atoms with Gasteiger partial charge in [0.2, 0.25) is 0 Å². The van der Waals surface area contributed by atoms with E-state index in [-0.39, 0.29) is 0 Å². The van der Waals surface area contributed by atoms with Crippen molar-refractivity contribution in [1.29, 1.82) is 0 Å². The second-order valence-corrected chi connectivity index (χ2v) is 15.9. The molecule has 0 aliphatic rings. The molecule has 294 valence electrons. The fourth-order valence-electron chi connectivity index (χ4n) is 9.32. The fourth-order valence-corrected chi connectivity index (χ4v) is 9.32. The quantitative estimate of drug-likeness (QED) is 0.167. The molecule has 6 nitrogen and oxygen atoms in total. The van der Waals surface area contributed by atoms with Crippen molar-refractivity contribution in [3.63, 3.8) is 0 Å². The van der Waals surface area contributed by atoms with Crippen LogP contribution in [0.15, 0.2) is 215 Å². The van der Waals surface area contributed by atoms with Gasteiger partial charge in [-0.3, -0.25) is 0 Å². The van der Waals surface area contributed by atoms with Gasteiger partial charge < -0.3 is 13.4 Å². The molecule has 0 aliphatic heterocycles. The van der Waals surface area contributed by atoms with Crippen LogP contribution >= 0.6 is 0 Å². The molecular weight excluding hydrogens is 773 g/mol. The van der Waals surface area contributed by atoms with Gasteiger partial charge in [0.25, 0.3) is 0 Å². The molecule has 0 N–H and O–H groups in total. The van der Waals surface area contributed by atoms with Crippen molar-refractivity contribution in [3.8, 4) is 62.1 Å². The molecule has 6 heteroatoms. The number of nitrogens with zero attached hydrogens (tertiary/aromatic N) is 4. The zero-order valence-corrected chi connectivity index (χ0v) is 33.7. The monoisotopic (exact) mass is 806 g/mol. The van der Waals surface area contributed by atoms with Gasteiger partial charge in [-0.05, 0) is 71.3 Å². The zero-order chi connectivity index (χ0) is 41.4. The third kappa shape index (κ3) is 5.69. The van der Waals surface area contributed by atoms with E-state index in [1.54, 1.807) is 0 Å². The van der Waals surface area contributed by atoms with E-state index in [1.165, 1.54) is 10.8 Å². The predicted molar refractivity (Wildman–Crippen MR) is 256 cm³/mol. The summed E-state index contributed by atoms with van der Waals surface area (Å²) in [4.78, 5) is 15.1. The highest BCUT2D eigenvalue weighted by Gasteiger charge is 2.20. The molecule has 0 unspecified atom stereocenters. The average molecular weight is 807 g/mol. The molecule has 0 aliphatic carbocycles. The lowest BCUT2D eigenvalue weighted by Gasteiger charge is -2.10. The second-order valence-electron chi connectivity index (χ2n) is 15.9. The van der Waals surface area contributed by atoms with Crippen LogP contribution in [0.2, 0.25) is 0 Å². The second kappa shape index (κ2) is 14.0. The van der Waals surface area contributed by atoms with Crippen LogP contribution in [0.25, 0.3) is 128 Å². The van der Waals surface area contributed by atoms with E-state index < -0.39 is 0 Å². The van der Waals surface area contributed by atoms with Crippen LogP contribution in [0.4, 0.5) is 0 Å². The molecule has 4 heterocycles. The van der Waals surface area contributed by atoms with E-state index in [0.29, 0.717) is 17.5 Å². The topological polar surface area (TPSA) is 69.9 Å². The van der Waals surface area contributed by atoms with Crippen molar-refractivity contribution in [2.45, 2.75) is 0 Å². The lowest BCUT2D eigenvalue weighted by atomic mass is 9.98. The van der Waals surface area contributed by atoms with E-state index in [0.717, 1.165) is 99.5 Å². The van der Waals surface area contributed by atoms with Crippen LogP contribution in [0, 0.1) is 0 Å². The van der Waals surface area contributed by atoms with Crippen LogP contribution in [0.3, 0.4) is 0 Å². The van der Waals surface area contributed by atoms with Gasteiger partial charge in [-0.15, -0.1) is 0 Å². The summed E-state index contributed by atoms with van der Waals surface area (Å²) in [6.07, 6.45) is 0. The third-order valence-electron chi connectivity index (χ3n) is 12.3. The summed E-state index contributed by atoms with van der Waals surface area (Å²) in [6.45, 7) is 0. The van der Waals surface area contributed by atoms with Gasteiger partial charge in [-0.1, -0.05) is 152 Å². The normalized spacial score (nSPS) is 11.8. The fraction of sp³-hybridized carbons (Fsp3) is 0. The molecule has 63 heavy (non-hydrogen) atoms. The largest absolute Gasteiger partial charge is 0.456 e. The highest BCUT2D eigenvalue weighted by atomic mass is 16.3. The smallest absolute Gasteiger partial charge is 0.164 e. The van der Waals surface area contributed by atoms with Crippen LogP contribution in [-0.2, 0) is 0 Å². The van der Waals surface area contributed by atoms with Crippen molar-refractivity contribution >= 4 is 65.7 Å². The summed E-state index contributed by atoms with van der Waals surface area (Å²) >= 11 is 0. The number of furan rings is 2. The molecule has 0 amide bonds. The van der Waals surface area contributed by atoms with Gasteiger partial charge in [0, 0.05) is 60.3 Å². The van der Waals surface area contributed by atoms with Crippen LogP contribution < -0.4 is 0 Å². The minimum absolute atomic E-state index is 0.590. The Morgan fingerprint density at radius 1 is 0.317 bits per heavy atom. The maximum absolute atomic E-state index is 6.53. The Balaban J connectivity index is 0.978. The molecule has 0 saturated carbocycles. The van der Waals surface area contributed by atoms with Crippen LogP contribution in [0.5, 0.6) is 0 Å². The summed E-state index contributed by atoms with van der Waals surface area (Å²) in [5.41, 5.74) is 13.8. The van der Waals surface area contributed by atoms with E-state index >= 15 is 0 Å². The molecule has 0 bridgehead atoms. The number of hydrogen-bond donors (Lipinski definition) is 0. The maximum atomic E-state index is 6.53. The Morgan fingerprint density at radius 3 is 1.68 bits per heavy atom. The standard InChI is InChI=1S/C57H34N4O2/c1-4-14-35(15-5-1)55-58-56(36-16-6-2-7-17-36)60-57(59-55)45-23-13-25-52-53(45)47-33-38(28-31-51(47)62-52)37-27-30-48-46(32-37)42-29-26-39(34-49(42)61(48)40-18-8-3-9-19-40)41-21-12-22-44-43-20-10-11-24-50(43)63-54(41)44/h1-34H. The molecule has 0 spiro atoms. The number of hydrogen-bond acceptors (Lipinski definition) is 5. The number of aromatic nitrogens is 4. The van der Waals surface area contributed by atoms with Crippen LogP contribution in [0.1, 0.15) is 0 Å². The lowest BCUT2D eigenvalue weighted by molar-refractivity contribution is 0.669. The Bertz CT molecular complexity index is 3850. The van der Waals surface area contributed by atoms with Gasteiger partial charge in [0.15, 0.2) is 17.5 Å². The van der Waals surface area contributed by atoms with Crippen molar-refractivity contribution in [3.05, 3.63) is 206 Å². The summed E-state index contributed by atoms with van der Waals surface area (Å²) in [7, 11) is 0. The first-order valence-electron chi connectivity index (χ1n) is 21.1. The van der Waals surface area contributed by atoms with Gasteiger partial charge in [-0.2, -0.15) is 0 Å². The predicted octanol–water partition coefficient (Wildman–Crippen LogP) is 15.1. The Hall–Kier alpha value is -8.61. The number of fused-ring (bicyclic) bond motifs is 9. The van der Waals surface area contributed by atoms with Crippen molar-refractivity contribution in [1.82, 2.24) is 19.5 Å². The first kappa shape index (κ1) is 35.2. The molecule has 13 aromatic rings. The summed E-state index contributed by atoms with van der Waals surface area (Å²) < 4.78 is 15.4. The molecule has 4 aromatic heterocycles. The number of rotatable bonds is 6. The Morgan fingerprint density at radius 2 is 0.905 bits per heavy atom. The van der Waals surface area contributed by atoms with Gasteiger partial charge in [0.1, 0.15) is 22.3 Å². The van der Waals surface area contributed by atoms with Crippen molar-refractivity contribution < 1.29 is 8.83 Å². The minimum atomic E-state index is 0.590. The highest BCUT2D eigenvalue weighted by Crippen LogP contribution is 2.42. The molecule has 13 rings (SSSR count). The Labute approximate surface area is 361 Å². The lowest BCUT2D eigenvalue weighted by Crippen LogP contribution is -2.00. The SMILES string of the molecule is c1ccc(-c2nc(-c3ccccc3)nc(-c3cccc4oc5ccc(-c6ccc7c(c6)c6ccc(-c8cccc9c8oc8ccccc89)cc6n7-c6ccccc6)cc5c34)n2)cc1. The molecule has 9 aromatic carbocycles. The summed E-state index contributed by atoms with van der Waals surface area (Å²) in [5, 5.41) is 6.55. The van der Waals surface area contributed by atoms with Gasteiger partial charge in [0.05, 0.1) is 11.0 Å². The highest BCUT2D eigenvalue weighted by molar-refractivity contribution is 6.15. The molecule has 0 saturated heterocycles. The van der Waals surface area contributed by atoms with Gasteiger partial charge in [-0.25, -0.2) is 15.0 Å². The zero-order valence-electron chi connectivity index (χ0n) is 33.7. The van der Waals surface area contributed by atoms with E-state index in [9.17, 15) is 0 Å². The molecule has 0 fully saturated rings. The van der Waals surface area contributed by atoms with E-state index in [2.05, 4.69) is 126 Å². The van der Waals surface area contributed by atoms with E-state index in [1.807, 2.05) is 84.9 Å². The maximum Gasteiger partial charge on any atom is 0.164 e. The van der Waals surface area contributed by atoms with Crippen molar-refractivity contribution in [2.24, 2.45) is 0 Å². The van der Waals surface area contributed by atoms with E-state index in [4.69, 9.17) is 23.8 Å². The summed E-state index contributed by atoms with van der Waals surface area (Å²) in [5.74, 6) is 1.82. The third-order valence-corrected chi connectivity index (χ3v) is 12.3. The number of benzene rings is 9. The Kier molecular flexibility index (Phi) is 7.80. The first-order chi connectivity index (χ1) is 31.2. The molecular formula is C57H34N4O2. The summed E-state index contributed by atoms with van der Waals surface area (Å²) in [6, 6.07) is 71.6. The minimum Gasteiger partial charge on any atom is -0.456 e. The van der Waals surface area contributed by atoms with Gasteiger partial charge >= 0.3 is 0 Å². The van der Waals surface area contributed by atoms with Crippen LogP contribution in [-0.4, -0.2) is 19.5 Å². The molecule has 0 radical (unpaired) electrons. The number of para-hydroxylation sites is 3.